The Morgan fingerprint density at radius 3 is 2.54 bits per heavy atom. The molecule has 0 saturated carbocycles. The fourth-order valence-electron chi connectivity index (χ4n) is 1.09. The molecular weight excluding hydrogens is 298 g/mol. The summed E-state index contributed by atoms with van der Waals surface area (Å²) in [5, 5.41) is 0. The van der Waals surface area contributed by atoms with Crippen LogP contribution in [0.25, 0.3) is 0 Å². The molecule has 13 heavy (non-hydrogen) atoms. The molecule has 1 heterocycles. The third kappa shape index (κ3) is 4.59. The Labute approximate surface area is 99.7 Å². The molecule has 0 saturated heterocycles. The van der Waals surface area contributed by atoms with Crippen molar-refractivity contribution < 1.29 is 44.3 Å². The molecule has 0 amide bonds. The number of nitrogen functional groups attached to an aromatic ring is 1. The van der Waals surface area contributed by atoms with Crippen LogP contribution < -0.4 is 50.0 Å². The summed E-state index contributed by atoms with van der Waals surface area (Å²) in [4.78, 5) is 0. The Hall–Kier alpha value is -0.130. The molecule has 1 aromatic heterocycles. The van der Waals surface area contributed by atoms with Gasteiger partial charge in [0.1, 0.15) is 6.54 Å². The zero-order valence-corrected chi connectivity index (χ0v) is 10.8. The molecule has 0 spiro atoms. The van der Waals surface area contributed by atoms with Crippen LogP contribution in [0.5, 0.6) is 0 Å². The number of nitrogens with zero attached hydrogens (tertiary/aromatic N) is 1. The van der Waals surface area contributed by atoms with E-state index in [0.717, 1.165) is 18.8 Å². The lowest BCUT2D eigenvalue weighted by Crippen LogP contribution is -3.00. The van der Waals surface area contributed by atoms with Crippen LogP contribution in [0.2, 0.25) is 0 Å². The van der Waals surface area contributed by atoms with Crippen LogP contribution in [-0.2, 0) is 6.54 Å². The molecule has 0 aromatic carbocycles. The Balaban J connectivity index is 0. The van der Waals surface area contributed by atoms with Crippen molar-refractivity contribution in [1.82, 2.24) is 0 Å². The van der Waals surface area contributed by atoms with Crippen LogP contribution in [0.3, 0.4) is 0 Å². The summed E-state index contributed by atoms with van der Waals surface area (Å²) >= 11 is 0. The van der Waals surface area contributed by atoms with Gasteiger partial charge in [0.05, 0.1) is 0 Å². The molecule has 0 unspecified atom stereocenters. The first-order chi connectivity index (χ1) is 5.24. The topological polar surface area (TPSA) is 57.5 Å². The highest BCUT2D eigenvalue weighted by Gasteiger charge is 2.04. The second-order valence-corrected chi connectivity index (χ2v) is 2.65. The molecule has 3 nitrogen and oxygen atoms in total. The highest BCUT2D eigenvalue weighted by Crippen LogP contribution is 1.98. The lowest BCUT2D eigenvalue weighted by molar-refractivity contribution is -0.717. The van der Waals surface area contributed by atoms with E-state index in [9.17, 15) is 0 Å². The number of hydrogen-bond acceptors (Lipinski definition) is 1. The first kappa shape index (κ1) is 15.3. The molecule has 5 N–H and O–H groups in total. The number of rotatable bonds is 2. The first-order valence-corrected chi connectivity index (χ1v) is 3.79. The van der Waals surface area contributed by atoms with Crippen molar-refractivity contribution in [3.05, 3.63) is 24.0 Å². The van der Waals surface area contributed by atoms with E-state index < -0.39 is 0 Å². The second kappa shape index (κ2) is 7.29. The fraction of sp³-hybridized carbons (Fsp3) is 0.375. The van der Waals surface area contributed by atoms with Crippen LogP contribution in [0.4, 0.5) is 5.69 Å². The molecule has 0 aliphatic heterocycles. The predicted octanol–water partition coefficient (Wildman–Crippen LogP) is -6.89. The van der Waals surface area contributed by atoms with Crippen molar-refractivity contribution >= 4 is 5.69 Å². The summed E-state index contributed by atoms with van der Waals surface area (Å²) < 4.78 is 2.14. The van der Waals surface area contributed by atoms with Gasteiger partial charge in [-0.3, -0.25) is 0 Å². The van der Waals surface area contributed by atoms with E-state index in [1.54, 1.807) is 0 Å². The zero-order valence-electron chi connectivity index (χ0n) is 7.63. The number of anilines is 1. The van der Waals surface area contributed by atoms with Crippen molar-refractivity contribution in [2.75, 3.05) is 12.3 Å². The van der Waals surface area contributed by atoms with Crippen molar-refractivity contribution in [3.63, 3.8) is 0 Å². The highest BCUT2D eigenvalue weighted by atomic mass is 79.9. The summed E-state index contributed by atoms with van der Waals surface area (Å²) in [6.07, 6.45) is 2.00. The largest absolute Gasteiger partial charge is 1.00 e. The van der Waals surface area contributed by atoms with Crippen LogP contribution in [0.1, 0.15) is 5.69 Å². The Morgan fingerprint density at radius 1 is 1.46 bits per heavy atom. The standard InChI is InChI=1S/C8H13N3.2BrH/c1-7-6-8(10)2-4-11(7)5-3-9;;/h2,4,6,10H,3,5,9H2,1H3;2*1H. The van der Waals surface area contributed by atoms with Gasteiger partial charge < -0.3 is 45.4 Å². The maximum absolute atomic E-state index is 5.59. The van der Waals surface area contributed by atoms with E-state index in [2.05, 4.69) is 10.3 Å². The normalized spacial score (nSPS) is 8.46. The minimum Gasteiger partial charge on any atom is -1.00 e. The average molecular weight is 313 g/mol. The van der Waals surface area contributed by atoms with E-state index in [-0.39, 0.29) is 34.0 Å². The predicted molar refractivity (Wildman–Crippen MR) is 43.5 cm³/mol. The second-order valence-electron chi connectivity index (χ2n) is 2.65. The van der Waals surface area contributed by atoms with Crippen LogP contribution in [-0.4, -0.2) is 6.54 Å². The van der Waals surface area contributed by atoms with Crippen molar-refractivity contribution in [3.8, 4) is 0 Å². The first-order valence-electron chi connectivity index (χ1n) is 3.79. The lowest BCUT2D eigenvalue weighted by atomic mass is 10.3. The maximum atomic E-state index is 5.59. The van der Waals surface area contributed by atoms with E-state index >= 15 is 0 Å². The van der Waals surface area contributed by atoms with Gasteiger partial charge in [0.15, 0.2) is 18.4 Å². The molecule has 76 valence electrons. The van der Waals surface area contributed by atoms with E-state index in [0.29, 0.717) is 0 Å². The van der Waals surface area contributed by atoms with Crippen LogP contribution >= 0.6 is 0 Å². The molecule has 0 aliphatic rings. The number of aryl methyl sites for hydroxylation is 1. The number of hydrogen-bond donors (Lipinski definition) is 2. The smallest absolute Gasteiger partial charge is 0.196 e. The summed E-state index contributed by atoms with van der Waals surface area (Å²) in [6.45, 7) is 3.92. The van der Waals surface area contributed by atoms with Gasteiger partial charge in [0.25, 0.3) is 0 Å². The minimum atomic E-state index is 0. The van der Waals surface area contributed by atoms with E-state index in [1.807, 2.05) is 25.3 Å². The van der Waals surface area contributed by atoms with Crippen molar-refractivity contribution in [2.45, 2.75) is 13.5 Å². The molecule has 5 heteroatoms. The monoisotopic (exact) mass is 311 g/mol. The van der Waals surface area contributed by atoms with Gasteiger partial charge in [0, 0.05) is 24.7 Å². The molecule has 0 aliphatic carbocycles. The number of halogens is 2. The van der Waals surface area contributed by atoms with Gasteiger partial charge in [0.2, 0.25) is 0 Å². The number of quaternary nitrogens is 1. The summed E-state index contributed by atoms with van der Waals surface area (Å²) in [7, 11) is 0. The van der Waals surface area contributed by atoms with Crippen molar-refractivity contribution in [1.29, 1.82) is 0 Å². The molecule has 1 aromatic rings. The summed E-state index contributed by atoms with van der Waals surface area (Å²) in [6, 6.07) is 3.87. The molecule has 0 fully saturated rings. The quantitative estimate of drug-likeness (QED) is 0.524. The Kier molecular flexibility index (Phi) is 8.61. The molecule has 1 rings (SSSR count). The Morgan fingerprint density at radius 2 is 2.08 bits per heavy atom. The van der Waals surface area contributed by atoms with Gasteiger partial charge in [-0.05, 0) is 0 Å². The third-order valence-corrected chi connectivity index (χ3v) is 1.67. The molecule has 0 bridgehead atoms. The lowest BCUT2D eigenvalue weighted by Gasteiger charge is -1.97. The SMILES string of the molecule is Cc1cc(N)cc[n+]1CC[NH3+].[Br-].[Br-]. The van der Waals surface area contributed by atoms with Crippen molar-refractivity contribution in [2.24, 2.45) is 0 Å². The van der Waals surface area contributed by atoms with E-state index in [4.69, 9.17) is 5.73 Å². The zero-order chi connectivity index (χ0) is 8.27. The minimum absolute atomic E-state index is 0. The molecule has 0 radical (unpaired) electrons. The van der Waals surface area contributed by atoms with Crippen LogP contribution in [0.15, 0.2) is 18.3 Å². The summed E-state index contributed by atoms with van der Waals surface area (Å²) in [5.74, 6) is 0. The van der Waals surface area contributed by atoms with Gasteiger partial charge in [-0.2, -0.15) is 4.57 Å². The van der Waals surface area contributed by atoms with Gasteiger partial charge in [-0.1, -0.05) is 0 Å². The number of pyridine rings is 1. The maximum Gasteiger partial charge on any atom is 0.196 e. The third-order valence-electron chi connectivity index (χ3n) is 1.67. The Bertz CT molecular complexity index is 253. The van der Waals surface area contributed by atoms with Gasteiger partial charge in [-0.15, -0.1) is 0 Å². The number of aromatic nitrogens is 1. The van der Waals surface area contributed by atoms with Crippen LogP contribution in [0, 0.1) is 6.92 Å². The average Bonchev–Trinajstić information content (AvgIpc) is 1.95. The summed E-state index contributed by atoms with van der Waals surface area (Å²) in [5.41, 5.74) is 11.4. The van der Waals surface area contributed by atoms with Gasteiger partial charge in [-0.25, -0.2) is 0 Å². The fourth-order valence-corrected chi connectivity index (χ4v) is 1.09. The molecule has 0 atom stereocenters. The van der Waals surface area contributed by atoms with E-state index in [1.165, 1.54) is 5.69 Å². The molecular formula is C8H15Br2N3. The van der Waals surface area contributed by atoms with Gasteiger partial charge >= 0.3 is 0 Å². The highest BCUT2D eigenvalue weighted by molar-refractivity contribution is 5.34. The number of nitrogens with two attached hydrogens (primary N) is 1.